The number of carbonyl (C=O) groups excluding carboxylic acids is 1. The Morgan fingerprint density at radius 1 is 1.27 bits per heavy atom. The van der Waals surface area contributed by atoms with Crippen LogP contribution in [0.5, 0.6) is 0 Å². The van der Waals surface area contributed by atoms with Crippen molar-refractivity contribution in [2.45, 2.75) is 19.1 Å². The minimum absolute atomic E-state index is 0. The van der Waals surface area contributed by atoms with E-state index in [0.717, 1.165) is 6.26 Å². The molecule has 3 N–H and O–H groups in total. The van der Waals surface area contributed by atoms with Crippen LogP contribution in [-0.2, 0) is 19.6 Å². The van der Waals surface area contributed by atoms with Crippen LogP contribution in [0.25, 0.3) is 0 Å². The molecule has 7 nitrogen and oxygen atoms in total. The second kappa shape index (κ2) is 7.77. The zero-order valence-corrected chi connectivity index (χ0v) is 14.0. The van der Waals surface area contributed by atoms with Gasteiger partial charge < -0.3 is 15.4 Å². The lowest BCUT2D eigenvalue weighted by molar-refractivity contribution is -0.123. The number of anilines is 2. The topological polar surface area (TPSA) is 96.5 Å². The van der Waals surface area contributed by atoms with Gasteiger partial charge in [0.1, 0.15) is 6.04 Å². The summed E-state index contributed by atoms with van der Waals surface area (Å²) in [7, 11) is -3.30. The summed E-state index contributed by atoms with van der Waals surface area (Å²) in [6.45, 7) is 3.08. The zero-order chi connectivity index (χ0) is 15.5. The Balaban J connectivity index is 0.00000242. The quantitative estimate of drug-likeness (QED) is 0.747. The van der Waals surface area contributed by atoms with E-state index in [0.29, 0.717) is 24.5 Å². The Morgan fingerprint density at radius 3 is 2.41 bits per heavy atom. The fourth-order valence-electron chi connectivity index (χ4n) is 2.08. The van der Waals surface area contributed by atoms with Crippen LogP contribution in [0, 0.1) is 0 Å². The Bertz CT molecular complexity index is 606. The number of halogens is 1. The van der Waals surface area contributed by atoms with E-state index in [9.17, 15) is 13.2 Å². The molecule has 2 rings (SSSR count). The molecule has 2 atom stereocenters. The average Bonchev–Trinajstić information content (AvgIpc) is 2.40. The van der Waals surface area contributed by atoms with Gasteiger partial charge in [-0.3, -0.25) is 9.52 Å². The van der Waals surface area contributed by atoms with E-state index >= 15 is 0 Å². The predicted octanol–water partition coefficient (Wildman–Crippen LogP) is 0.795. The van der Waals surface area contributed by atoms with Crippen LogP contribution >= 0.6 is 12.4 Å². The molecular formula is C13H20ClN3O4S. The summed E-state index contributed by atoms with van der Waals surface area (Å²) in [5, 5.41) is 5.88. The van der Waals surface area contributed by atoms with Crippen LogP contribution in [0.15, 0.2) is 24.3 Å². The first-order chi connectivity index (χ1) is 9.85. The molecule has 0 radical (unpaired) electrons. The lowest BCUT2D eigenvalue weighted by atomic mass is 10.1. The average molecular weight is 350 g/mol. The molecule has 0 saturated carbocycles. The molecule has 1 heterocycles. The van der Waals surface area contributed by atoms with Crippen LogP contribution in [0.2, 0.25) is 0 Å². The molecule has 1 saturated heterocycles. The monoisotopic (exact) mass is 349 g/mol. The van der Waals surface area contributed by atoms with Gasteiger partial charge in [-0.2, -0.15) is 0 Å². The number of sulfonamides is 1. The van der Waals surface area contributed by atoms with Gasteiger partial charge in [0, 0.05) is 17.9 Å². The molecule has 1 aliphatic rings. The summed E-state index contributed by atoms with van der Waals surface area (Å²) in [6.07, 6.45) is 0.892. The number of amides is 1. The molecule has 0 aliphatic carbocycles. The fraction of sp³-hybridized carbons (Fsp3) is 0.462. The summed E-state index contributed by atoms with van der Waals surface area (Å²) in [6, 6.07) is 6.06. The van der Waals surface area contributed by atoms with Crippen LogP contribution in [0.1, 0.15) is 6.92 Å². The largest absolute Gasteiger partial charge is 0.375 e. The van der Waals surface area contributed by atoms with Gasteiger partial charge in [-0.25, -0.2) is 8.42 Å². The molecule has 0 spiro atoms. The minimum atomic E-state index is -3.30. The highest BCUT2D eigenvalue weighted by Crippen LogP contribution is 2.15. The maximum Gasteiger partial charge on any atom is 0.244 e. The van der Waals surface area contributed by atoms with Crippen molar-refractivity contribution in [2.75, 3.05) is 29.4 Å². The molecule has 22 heavy (non-hydrogen) atoms. The molecule has 0 unspecified atom stereocenters. The van der Waals surface area contributed by atoms with Gasteiger partial charge in [0.15, 0.2) is 0 Å². The Labute approximate surface area is 136 Å². The molecule has 1 fully saturated rings. The SMILES string of the molecule is C[C@H]1OCCN[C@@H]1C(=O)Nc1ccc(NS(C)(=O)=O)cc1.Cl. The van der Waals surface area contributed by atoms with Gasteiger partial charge in [0.25, 0.3) is 0 Å². The zero-order valence-electron chi connectivity index (χ0n) is 12.3. The number of hydrogen-bond donors (Lipinski definition) is 3. The molecule has 1 aromatic carbocycles. The Kier molecular flexibility index (Phi) is 6.61. The van der Waals surface area contributed by atoms with Crippen molar-refractivity contribution in [3.63, 3.8) is 0 Å². The molecular weight excluding hydrogens is 330 g/mol. The third-order valence-electron chi connectivity index (χ3n) is 3.05. The Morgan fingerprint density at radius 2 is 1.86 bits per heavy atom. The van der Waals surface area contributed by atoms with Crippen LogP contribution in [-0.4, -0.2) is 45.9 Å². The standard InChI is InChI=1S/C13H19N3O4S.ClH/c1-9-12(14-7-8-20-9)13(17)15-10-3-5-11(6-4-10)16-21(2,18)19;/h3-6,9,12,14,16H,7-8H2,1-2H3,(H,15,17);1H/t9-,12+;/m1./s1. The first-order valence-electron chi connectivity index (χ1n) is 6.59. The summed E-state index contributed by atoms with van der Waals surface area (Å²) in [4.78, 5) is 12.1. The number of hydrogen-bond acceptors (Lipinski definition) is 5. The fourth-order valence-corrected chi connectivity index (χ4v) is 2.65. The highest BCUT2D eigenvalue weighted by atomic mass is 35.5. The highest BCUT2D eigenvalue weighted by molar-refractivity contribution is 7.92. The van der Waals surface area contributed by atoms with Crippen LogP contribution in [0.4, 0.5) is 11.4 Å². The van der Waals surface area contributed by atoms with Gasteiger partial charge in [-0.1, -0.05) is 0 Å². The summed E-state index contributed by atoms with van der Waals surface area (Å²) < 4.78 is 30.0. The predicted molar refractivity (Wildman–Crippen MR) is 88.0 cm³/mol. The molecule has 1 aromatic rings. The van der Waals surface area contributed by atoms with Gasteiger partial charge in [-0.15, -0.1) is 12.4 Å². The number of morpholine rings is 1. The van der Waals surface area contributed by atoms with E-state index in [1.165, 1.54) is 0 Å². The number of benzene rings is 1. The smallest absolute Gasteiger partial charge is 0.244 e. The van der Waals surface area contributed by atoms with Gasteiger partial charge >= 0.3 is 0 Å². The van der Waals surface area contributed by atoms with Crippen molar-refractivity contribution in [3.8, 4) is 0 Å². The van der Waals surface area contributed by atoms with Crippen molar-refractivity contribution in [2.24, 2.45) is 0 Å². The van der Waals surface area contributed by atoms with Crippen molar-refractivity contribution >= 4 is 39.7 Å². The van der Waals surface area contributed by atoms with E-state index in [4.69, 9.17) is 4.74 Å². The second-order valence-corrected chi connectivity index (χ2v) is 6.70. The summed E-state index contributed by atoms with van der Waals surface area (Å²) in [5.41, 5.74) is 1.04. The summed E-state index contributed by atoms with van der Waals surface area (Å²) >= 11 is 0. The highest BCUT2D eigenvalue weighted by Gasteiger charge is 2.28. The lowest BCUT2D eigenvalue weighted by Crippen LogP contribution is -2.53. The third kappa shape index (κ3) is 5.45. The normalized spacial score (nSPS) is 21.5. The van der Waals surface area contributed by atoms with E-state index in [1.54, 1.807) is 24.3 Å². The Hall–Kier alpha value is -1.35. The lowest BCUT2D eigenvalue weighted by Gasteiger charge is -2.29. The van der Waals surface area contributed by atoms with Crippen LogP contribution < -0.4 is 15.4 Å². The third-order valence-corrected chi connectivity index (χ3v) is 3.66. The molecule has 1 amide bonds. The van der Waals surface area contributed by atoms with E-state index in [1.807, 2.05) is 6.92 Å². The van der Waals surface area contributed by atoms with E-state index in [-0.39, 0.29) is 24.4 Å². The maximum absolute atomic E-state index is 12.1. The molecule has 9 heteroatoms. The van der Waals surface area contributed by atoms with Crippen molar-refractivity contribution < 1.29 is 17.9 Å². The minimum Gasteiger partial charge on any atom is -0.375 e. The first kappa shape index (κ1) is 18.7. The molecule has 124 valence electrons. The number of carbonyl (C=O) groups is 1. The van der Waals surface area contributed by atoms with Gasteiger partial charge in [0.05, 0.1) is 19.0 Å². The molecule has 1 aliphatic heterocycles. The van der Waals surface area contributed by atoms with E-state index < -0.39 is 16.1 Å². The van der Waals surface area contributed by atoms with E-state index in [2.05, 4.69) is 15.4 Å². The number of ether oxygens (including phenoxy) is 1. The van der Waals surface area contributed by atoms with Crippen LogP contribution in [0.3, 0.4) is 0 Å². The molecule has 0 aromatic heterocycles. The van der Waals surface area contributed by atoms with Gasteiger partial charge in [-0.05, 0) is 31.2 Å². The molecule has 0 bridgehead atoms. The van der Waals surface area contributed by atoms with Crippen molar-refractivity contribution in [3.05, 3.63) is 24.3 Å². The first-order valence-corrected chi connectivity index (χ1v) is 8.48. The second-order valence-electron chi connectivity index (χ2n) is 4.95. The number of nitrogens with one attached hydrogen (secondary N) is 3. The van der Waals surface area contributed by atoms with Crippen molar-refractivity contribution in [1.82, 2.24) is 5.32 Å². The number of rotatable bonds is 4. The van der Waals surface area contributed by atoms with Gasteiger partial charge in [0.2, 0.25) is 15.9 Å². The summed E-state index contributed by atoms with van der Waals surface area (Å²) in [5.74, 6) is -0.175. The maximum atomic E-state index is 12.1. The van der Waals surface area contributed by atoms with Crippen molar-refractivity contribution in [1.29, 1.82) is 0 Å².